The van der Waals surface area contributed by atoms with Gasteiger partial charge in [-0.25, -0.2) is 0 Å². The van der Waals surface area contributed by atoms with Crippen molar-refractivity contribution in [3.8, 4) is 0 Å². The van der Waals surface area contributed by atoms with Crippen LogP contribution in [0.1, 0.15) is 50.6 Å². The summed E-state index contributed by atoms with van der Waals surface area (Å²) >= 11 is 0. The molecule has 0 saturated heterocycles. The van der Waals surface area contributed by atoms with Gasteiger partial charge in [0.25, 0.3) is 0 Å². The molecule has 0 bridgehead atoms. The normalized spacial score (nSPS) is 21.6. The van der Waals surface area contributed by atoms with Gasteiger partial charge in [-0.2, -0.15) is 0 Å². The van der Waals surface area contributed by atoms with E-state index in [2.05, 4.69) is 11.9 Å². The highest BCUT2D eigenvalue weighted by Gasteiger charge is 2.27. The largest absolute Gasteiger partial charge is 0.392 e. The Morgan fingerprint density at radius 3 is 2.62 bits per heavy atom. The van der Waals surface area contributed by atoms with Crippen LogP contribution in [0.4, 0.5) is 0 Å². The van der Waals surface area contributed by atoms with E-state index in [1.165, 1.54) is 32.1 Å². The van der Waals surface area contributed by atoms with Gasteiger partial charge in [-0.15, -0.1) is 0 Å². The number of hydrogen-bond acceptors (Lipinski definition) is 2. The average molecular weight is 219 g/mol. The van der Waals surface area contributed by atoms with E-state index in [9.17, 15) is 5.11 Å². The second kappa shape index (κ2) is 5.44. The molecule has 1 saturated carbocycles. The predicted molar refractivity (Wildman–Crippen MR) is 65.2 cm³/mol. The number of pyridine rings is 1. The highest BCUT2D eigenvalue weighted by atomic mass is 16.3. The van der Waals surface area contributed by atoms with E-state index in [-0.39, 0.29) is 12.0 Å². The van der Waals surface area contributed by atoms with E-state index >= 15 is 0 Å². The van der Waals surface area contributed by atoms with Crippen LogP contribution in [-0.4, -0.2) is 16.2 Å². The third-order valence-corrected chi connectivity index (χ3v) is 3.80. The van der Waals surface area contributed by atoms with Gasteiger partial charge in [0.15, 0.2) is 0 Å². The lowest BCUT2D eigenvalue weighted by molar-refractivity contribution is 0.0641. The van der Waals surface area contributed by atoms with Crippen molar-refractivity contribution in [3.05, 3.63) is 30.1 Å². The van der Waals surface area contributed by atoms with Gasteiger partial charge in [-0.05, 0) is 30.9 Å². The van der Waals surface area contributed by atoms with Crippen LogP contribution in [0.25, 0.3) is 0 Å². The zero-order valence-electron chi connectivity index (χ0n) is 9.97. The first-order valence-electron chi connectivity index (χ1n) is 6.38. The fourth-order valence-electron chi connectivity index (χ4n) is 2.70. The van der Waals surface area contributed by atoms with Gasteiger partial charge in [0.2, 0.25) is 0 Å². The Bertz CT molecular complexity index is 306. The molecular weight excluding hydrogens is 198 g/mol. The Kier molecular flexibility index (Phi) is 3.94. The minimum atomic E-state index is -0.227. The molecule has 0 aromatic carbocycles. The standard InChI is InChI=1S/C14H21NO/c1-11(13-9-5-6-10-15-13)14(16)12-7-3-2-4-8-12/h5-6,9-12,14,16H,2-4,7-8H2,1H3. The van der Waals surface area contributed by atoms with Gasteiger partial charge in [0, 0.05) is 17.8 Å². The van der Waals surface area contributed by atoms with E-state index in [0.29, 0.717) is 5.92 Å². The van der Waals surface area contributed by atoms with E-state index in [0.717, 1.165) is 5.69 Å². The quantitative estimate of drug-likeness (QED) is 0.847. The van der Waals surface area contributed by atoms with Gasteiger partial charge >= 0.3 is 0 Å². The molecule has 1 N–H and O–H groups in total. The van der Waals surface area contributed by atoms with Crippen molar-refractivity contribution in [2.24, 2.45) is 5.92 Å². The van der Waals surface area contributed by atoms with Crippen LogP contribution in [0.3, 0.4) is 0 Å². The minimum Gasteiger partial charge on any atom is -0.392 e. The third kappa shape index (κ3) is 2.62. The summed E-state index contributed by atoms with van der Waals surface area (Å²) < 4.78 is 0. The molecule has 1 heterocycles. The van der Waals surface area contributed by atoms with Crippen molar-refractivity contribution >= 4 is 0 Å². The monoisotopic (exact) mass is 219 g/mol. The molecule has 2 atom stereocenters. The number of rotatable bonds is 3. The molecule has 0 aliphatic heterocycles. The summed E-state index contributed by atoms with van der Waals surface area (Å²) in [6.45, 7) is 2.08. The molecule has 1 aromatic heterocycles. The molecule has 0 amide bonds. The van der Waals surface area contributed by atoms with Gasteiger partial charge in [0.05, 0.1) is 6.10 Å². The van der Waals surface area contributed by atoms with Gasteiger partial charge in [0.1, 0.15) is 0 Å². The summed E-state index contributed by atoms with van der Waals surface area (Å²) in [4.78, 5) is 4.33. The molecule has 0 radical (unpaired) electrons. The third-order valence-electron chi connectivity index (χ3n) is 3.80. The Hall–Kier alpha value is -0.890. The molecule has 16 heavy (non-hydrogen) atoms. The zero-order chi connectivity index (χ0) is 11.4. The van der Waals surface area contributed by atoms with Gasteiger partial charge in [-0.1, -0.05) is 32.3 Å². The van der Waals surface area contributed by atoms with Crippen molar-refractivity contribution < 1.29 is 5.11 Å². The molecule has 1 aliphatic rings. The molecule has 0 spiro atoms. The Labute approximate surface area is 97.7 Å². The molecule has 88 valence electrons. The molecule has 2 nitrogen and oxygen atoms in total. The predicted octanol–water partition coefficient (Wildman–Crippen LogP) is 3.13. The fourth-order valence-corrected chi connectivity index (χ4v) is 2.70. The topological polar surface area (TPSA) is 33.1 Å². The lowest BCUT2D eigenvalue weighted by Crippen LogP contribution is -2.28. The van der Waals surface area contributed by atoms with E-state index in [1.54, 1.807) is 6.20 Å². The van der Waals surface area contributed by atoms with Gasteiger partial charge in [-0.3, -0.25) is 4.98 Å². The first-order valence-corrected chi connectivity index (χ1v) is 6.38. The molecule has 1 aliphatic carbocycles. The minimum absolute atomic E-state index is 0.157. The van der Waals surface area contributed by atoms with Crippen molar-refractivity contribution in [1.82, 2.24) is 4.98 Å². The summed E-state index contributed by atoms with van der Waals surface area (Å²) in [7, 11) is 0. The summed E-state index contributed by atoms with van der Waals surface area (Å²) in [5.41, 5.74) is 1.01. The van der Waals surface area contributed by atoms with Crippen LogP contribution in [0, 0.1) is 5.92 Å². The maximum absolute atomic E-state index is 10.4. The first-order chi connectivity index (χ1) is 7.79. The van der Waals surface area contributed by atoms with Crippen LogP contribution < -0.4 is 0 Å². The van der Waals surface area contributed by atoms with Gasteiger partial charge < -0.3 is 5.11 Å². The lowest BCUT2D eigenvalue weighted by Gasteiger charge is -2.30. The lowest BCUT2D eigenvalue weighted by atomic mass is 9.80. The molecule has 2 unspecified atom stereocenters. The fraction of sp³-hybridized carbons (Fsp3) is 0.643. The average Bonchev–Trinajstić information content (AvgIpc) is 2.39. The van der Waals surface area contributed by atoms with Crippen LogP contribution >= 0.6 is 0 Å². The molecular formula is C14H21NO. The maximum atomic E-state index is 10.4. The number of nitrogens with zero attached hydrogens (tertiary/aromatic N) is 1. The van der Waals surface area contributed by atoms with E-state index < -0.39 is 0 Å². The van der Waals surface area contributed by atoms with Crippen LogP contribution in [0.5, 0.6) is 0 Å². The van der Waals surface area contributed by atoms with Crippen molar-refractivity contribution in [3.63, 3.8) is 0 Å². The van der Waals surface area contributed by atoms with Crippen molar-refractivity contribution in [2.75, 3.05) is 0 Å². The Morgan fingerprint density at radius 1 is 1.25 bits per heavy atom. The Morgan fingerprint density at radius 2 is 2.00 bits per heavy atom. The molecule has 1 fully saturated rings. The van der Waals surface area contributed by atoms with Crippen LogP contribution in [0.15, 0.2) is 24.4 Å². The smallest absolute Gasteiger partial charge is 0.0649 e. The highest BCUT2D eigenvalue weighted by molar-refractivity contribution is 5.10. The molecule has 1 aromatic rings. The summed E-state index contributed by atoms with van der Waals surface area (Å²) in [5.74, 6) is 0.634. The second-order valence-electron chi connectivity index (χ2n) is 4.93. The number of aromatic nitrogens is 1. The van der Waals surface area contributed by atoms with E-state index in [1.807, 2.05) is 18.2 Å². The second-order valence-corrected chi connectivity index (χ2v) is 4.93. The van der Waals surface area contributed by atoms with Crippen molar-refractivity contribution in [2.45, 2.75) is 51.0 Å². The van der Waals surface area contributed by atoms with Crippen molar-refractivity contribution in [1.29, 1.82) is 0 Å². The SMILES string of the molecule is CC(c1ccccn1)C(O)C1CCCCC1. The highest BCUT2D eigenvalue weighted by Crippen LogP contribution is 2.32. The molecule has 2 heteroatoms. The number of aliphatic hydroxyl groups excluding tert-OH is 1. The first kappa shape index (κ1) is 11.6. The Balaban J connectivity index is 2.00. The molecule has 2 rings (SSSR count). The number of hydrogen-bond donors (Lipinski definition) is 1. The van der Waals surface area contributed by atoms with Crippen LogP contribution in [0.2, 0.25) is 0 Å². The summed E-state index contributed by atoms with van der Waals surface area (Å²) in [6.07, 6.45) is 7.82. The summed E-state index contributed by atoms with van der Waals surface area (Å²) in [5, 5.41) is 10.4. The maximum Gasteiger partial charge on any atom is 0.0649 e. The van der Waals surface area contributed by atoms with E-state index in [4.69, 9.17) is 0 Å². The van der Waals surface area contributed by atoms with Crippen LogP contribution in [-0.2, 0) is 0 Å². The zero-order valence-corrected chi connectivity index (χ0v) is 9.97. The summed E-state index contributed by atoms with van der Waals surface area (Å²) in [6, 6.07) is 5.92. The number of aliphatic hydroxyl groups is 1.